The predicted molar refractivity (Wildman–Crippen MR) is 72.1 cm³/mol. The number of methoxy groups -OCH3 is 1. The molecule has 5 heteroatoms. The first kappa shape index (κ1) is 13.1. The van der Waals surface area contributed by atoms with Gasteiger partial charge in [0.05, 0.1) is 7.11 Å². The fourth-order valence-electron chi connectivity index (χ4n) is 2.26. The highest BCUT2D eigenvalue weighted by Gasteiger charge is 2.21. The first-order valence-electron chi connectivity index (χ1n) is 6.57. The molecule has 0 amide bonds. The molecule has 1 aliphatic heterocycles. The van der Waals surface area contributed by atoms with Gasteiger partial charge in [0.1, 0.15) is 0 Å². The summed E-state index contributed by atoms with van der Waals surface area (Å²) < 4.78 is 5.16. The van der Waals surface area contributed by atoms with Gasteiger partial charge in [-0.1, -0.05) is 0 Å². The lowest BCUT2D eigenvalue weighted by molar-refractivity contribution is 0.396. The summed E-state index contributed by atoms with van der Waals surface area (Å²) in [5, 5.41) is 3.51. The van der Waals surface area contributed by atoms with Crippen LogP contribution in [0.3, 0.4) is 0 Å². The van der Waals surface area contributed by atoms with Gasteiger partial charge in [0.15, 0.2) is 0 Å². The van der Waals surface area contributed by atoms with Gasteiger partial charge >= 0.3 is 0 Å². The molecule has 1 unspecified atom stereocenters. The van der Waals surface area contributed by atoms with Crippen molar-refractivity contribution in [2.45, 2.75) is 38.8 Å². The van der Waals surface area contributed by atoms with Crippen LogP contribution in [-0.4, -0.2) is 42.3 Å². The zero-order valence-corrected chi connectivity index (χ0v) is 11.4. The molecule has 0 radical (unpaired) electrons. The Morgan fingerprint density at radius 3 is 3.00 bits per heavy atom. The van der Waals surface area contributed by atoms with E-state index in [9.17, 15) is 0 Å². The van der Waals surface area contributed by atoms with Crippen molar-refractivity contribution in [1.82, 2.24) is 15.3 Å². The van der Waals surface area contributed by atoms with Crippen LogP contribution in [0.15, 0.2) is 12.3 Å². The van der Waals surface area contributed by atoms with Gasteiger partial charge in [-0.15, -0.1) is 0 Å². The minimum Gasteiger partial charge on any atom is -0.481 e. The second-order valence-corrected chi connectivity index (χ2v) is 4.94. The first-order valence-corrected chi connectivity index (χ1v) is 6.57. The average Bonchev–Trinajstić information content (AvgIpc) is 2.88. The van der Waals surface area contributed by atoms with Crippen LogP contribution >= 0.6 is 0 Å². The van der Waals surface area contributed by atoms with Crippen molar-refractivity contribution >= 4 is 5.95 Å². The summed E-state index contributed by atoms with van der Waals surface area (Å²) in [7, 11) is 1.63. The summed E-state index contributed by atoms with van der Waals surface area (Å²) >= 11 is 0. The lowest BCUT2D eigenvalue weighted by Crippen LogP contribution is -2.42. The van der Waals surface area contributed by atoms with E-state index < -0.39 is 0 Å². The first-order chi connectivity index (χ1) is 8.70. The van der Waals surface area contributed by atoms with Crippen LogP contribution < -0.4 is 15.0 Å². The Labute approximate surface area is 109 Å². The molecule has 0 saturated carbocycles. The monoisotopic (exact) mass is 250 g/mol. The highest BCUT2D eigenvalue weighted by Crippen LogP contribution is 2.17. The number of nitrogens with zero attached hydrogens (tertiary/aromatic N) is 3. The summed E-state index contributed by atoms with van der Waals surface area (Å²) in [5.41, 5.74) is 0. The molecular weight excluding hydrogens is 228 g/mol. The quantitative estimate of drug-likeness (QED) is 0.857. The molecule has 1 aromatic rings. The molecule has 0 bridgehead atoms. The molecule has 0 aliphatic carbocycles. The summed E-state index contributed by atoms with van der Waals surface area (Å²) in [6, 6.07) is 2.69. The molecule has 2 rings (SSSR count). The summed E-state index contributed by atoms with van der Waals surface area (Å²) in [6.45, 7) is 6.40. The fourth-order valence-corrected chi connectivity index (χ4v) is 2.26. The largest absolute Gasteiger partial charge is 0.481 e. The van der Waals surface area contributed by atoms with E-state index in [2.05, 4.69) is 34.0 Å². The molecule has 2 heterocycles. The Hall–Kier alpha value is -1.36. The van der Waals surface area contributed by atoms with Crippen molar-refractivity contribution < 1.29 is 4.74 Å². The minimum atomic E-state index is 0.375. The number of anilines is 1. The molecule has 1 N–H and O–H groups in total. The van der Waals surface area contributed by atoms with E-state index in [0.717, 1.165) is 19.0 Å². The Morgan fingerprint density at radius 2 is 2.39 bits per heavy atom. The molecule has 1 aliphatic rings. The second kappa shape index (κ2) is 6.00. The van der Waals surface area contributed by atoms with E-state index in [1.807, 2.05) is 0 Å². The molecule has 1 saturated heterocycles. The normalized spacial score (nSPS) is 19.2. The van der Waals surface area contributed by atoms with Crippen LogP contribution in [0, 0.1) is 0 Å². The number of ether oxygens (including phenoxy) is 1. The maximum absolute atomic E-state index is 5.16. The second-order valence-electron chi connectivity index (χ2n) is 4.94. The van der Waals surface area contributed by atoms with Crippen LogP contribution in [0.25, 0.3) is 0 Å². The molecule has 1 atom stereocenters. The van der Waals surface area contributed by atoms with Crippen LogP contribution in [0.5, 0.6) is 5.88 Å². The number of hydrogen-bond acceptors (Lipinski definition) is 5. The lowest BCUT2D eigenvalue weighted by Gasteiger charge is -2.29. The maximum atomic E-state index is 5.16. The van der Waals surface area contributed by atoms with Gasteiger partial charge in [0.2, 0.25) is 11.8 Å². The number of nitrogens with one attached hydrogen (secondary N) is 1. The third-order valence-corrected chi connectivity index (χ3v) is 3.29. The van der Waals surface area contributed by atoms with E-state index in [-0.39, 0.29) is 0 Å². The smallest absolute Gasteiger partial charge is 0.228 e. The van der Waals surface area contributed by atoms with Gasteiger partial charge in [-0.2, -0.15) is 4.98 Å². The third kappa shape index (κ3) is 3.10. The molecule has 18 heavy (non-hydrogen) atoms. The van der Waals surface area contributed by atoms with Crippen molar-refractivity contribution in [2.24, 2.45) is 0 Å². The van der Waals surface area contributed by atoms with Crippen molar-refractivity contribution in [2.75, 3.05) is 25.1 Å². The standard InChI is InChI=1S/C13H22N4O/c1-10(2)17(9-11-5-4-7-14-11)13-15-8-6-12(16-13)18-3/h6,8,10-11,14H,4-5,7,9H2,1-3H3. The van der Waals surface area contributed by atoms with E-state index in [1.54, 1.807) is 19.4 Å². The molecule has 5 nitrogen and oxygen atoms in total. The average molecular weight is 250 g/mol. The van der Waals surface area contributed by atoms with Crippen LogP contribution in [0.1, 0.15) is 26.7 Å². The summed E-state index contributed by atoms with van der Waals surface area (Å²) in [5.74, 6) is 1.36. The summed E-state index contributed by atoms with van der Waals surface area (Å²) in [4.78, 5) is 11.0. The maximum Gasteiger partial charge on any atom is 0.228 e. The Morgan fingerprint density at radius 1 is 1.56 bits per heavy atom. The van der Waals surface area contributed by atoms with E-state index in [4.69, 9.17) is 4.74 Å². The van der Waals surface area contributed by atoms with Gasteiger partial charge in [-0.25, -0.2) is 4.98 Å². The Balaban J connectivity index is 2.12. The van der Waals surface area contributed by atoms with Crippen molar-refractivity contribution in [3.63, 3.8) is 0 Å². The highest BCUT2D eigenvalue weighted by molar-refractivity contribution is 5.33. The zero-order chi connectivity index (χ0) is 13.0. The molecule has 1 aromatic heterocycles. The van der Waals surface area contributed by atoms with Gasteiger partial charge in [-0.3, -0.25) is 0 Å². The van der Waals surface area contributed by atoms with Crippen LogP contribution in [0.2, 0.25) is 0 Å². The zero-order valence-electron chi connectivity index (χ0n) is 11.4. The Kier molecular flexibility index (Phi) is 4.36. The minimum absolute atomic E-state index is 0.375. The van der Waals surface area contributed by atoms with Crippen LogP contribution in [0.4, 0.5) is 5.95 Å². The number of hydrogen-bond donors (Lipinski definition) is 1. The van der Waals surface area contributed by atoms with Crippen molar-refractivity contribution in [3.8, 4) is 5.88 Å². The van der Waals surface area contributed by atoms with E-state index in [1.165, 1.54) is 12.8 Å². The topological polar surface area (TPSA) is 50.3 Å². The lowest BCUT2D eigenvalue weighted by atomic mass is 10.2. The molecule has 100 valence electrons. The third-order valence-electron chi connectivity index (χ3n) is 3.29. The van der Waals surface area contributed by atoms with Crippen LogP contribution in [-0.2, 0) is 0 Å². The van der Waals surface area contributed by atoms with Gasteiger partial charge in [0.25, 0.3) is 0 Å². The predicted octanol–water partition coefficient (Wildman–Crippen LogP) is 1.45. The van der Waals surface area contributed by atoms with E-state index in [0.29, 0.717) is 18.0 Å². The van der Waals surface area contributed by atoms with Crippen molar-refractivity contribution in [1.29, 1.82) is 0 Å². The molecular formula is C13H22N4O. The number of rotatable bonds is 5. The molecule has 0 spiro atoms. The molecule has 1 fully saturated rings. The number of aromatic nitrogens is 2. The van der Waals surface area contributed by atoms with Gasteiger partial charge < -0.3 is 15.0 Å². The summed E-state index contributed by atoms with van der Waals surface area (Å²) in [6.07, 6.45) is 4.24. The SMILES string of the molecule is COc1ccnc(N(CC2CCCN2)C(C)C)n1. The van der Waals surface area contributed by atoms with Gasteiger partial charge in [-0.05, 0) is 33.2 Å². The molecule has 0 aromatic carbocycles. The fraction of sp³-hybridized carbons (Fsp3) is 0.692. The Bertz CT molecular complexity index is 377. The highest BCUT2D eigenvalue weighted by atomic mass is 16.5. The van der Waals surface area contributed by atoms with E-state index >= 15 is 0 Å². The van der Waals surface area contributed by atoms with Gasteiger partial charge in [0, 0.05) is 30.9 Å². The van der Waals surface area contributed by atoms with Crippen molar-refractivity contribution in [3.05, 3.63) is 12.3 Å².